The summed E-state index contributed by atoms with van der Waals surface area (Å²) in [7, 11) is 0. The first-order valence-corrected chi connectivity index (χ1v) is 7.24. The smallest absolute Gasteiger partial charge is 0.330 e. The van der Waals surface area contributed by atoms with Gasteiger partial charge < -0.3 is 19.7 Å². The first-order chi connectivity index (χ1) is 9.65. The van der Waals surface area contributed by atoms with E-state index in [0.29, 0.717) is 25.7 Å². The van der Waals surface area contributed by atoms with Gasteiger partial charge in [-0.25, -0.2) is 4.79 Å². The van der Waals surface area contributed by atoms with Crippen molar-refractivity contribution >= 4 is 5.97 Å². The summed E-state index contributed by atoms with van der Waals surface area (Å²) in [6.07, 6.45) is 5.85. The van der Waals surface area contributed by atoms with Gasteiger partial charge in [-0.05, 0) is 12.3 Å². The highest BCUT2D eigenvalue weighted by Gasteiger charge is 2.07. The Morgan fingerprint density at radius 1 is 1.25 bits per heavy atom. The summed E-state index contributed by atoms with van der Waals surface area (Å²) in [6, 6.07) is 0. The normalized spacial score (nSPS) is 11.2. The topological polar surface area (TPSA) is 76.0 Å². The Bertz CT molecular complexity index is 214. The van der Waals surface area contributed by atoms with Gasteiger partial charge in [-0.1, -0.05) is 39.7 Å². The van der Waals surface area contributed by atoms with Gasteiger partial charge in [-0.15, -0.1) is 0 Å². The summed E-state index contributed by atoms with van der Waals surface area (Å²) < 4.78 is 9.62. The third kappa shape index (κ3) is 17.1. The molecule has 0 aromatic heterocycles. The lowest BCUT2D eigenvalue weighted by molar-refractivity contribution is -0.139. The van der Waals surface area contributed by atoms with Crippen LogP contribution >= 0.6 is 0 Å². The van der Waals surface area contributed by atoms with E-state index in [0.717, 1.165) is 12.8 Å². The van der Waals surface area contributed by atoms with E-state index < -0.39 is 0 Å². The second-order valence-corrected chi connectivity index (χ2v) is 4.31. The van der Waals surface area contributed by atoms with Gasteiger partial charge in [0.15, 0.2) is 0 Å². The van der Waals surface area contributed by atoms with Gasteiger partial charge in [0.2, 0.25) is 0 Å². The van der Waals surface area contributed by atoms with Crippen LogP contribution in [0.1, 0.15) is 39.5 Å². The molecule has 5 nitrogen and oxygen atoms in total. The van der Waals surface area contributed by atoms with Gasteiger partial charge in [0.25, 0.3) is 0 Å². The molecular weight excluding hydrogens is 260 g/mol. The molecule has 0 saturated carbocycles. The van der Waals surface area contributed by atoms with Gasteiger partial charge >= 0.3 is 5.97 Å². The van der Waals surface area contributed by atoms with Crippen LogP contribution in [0.5, 0.6) is 0 Å². The highest BCUT2D eigenvalue weighted by atomic mass is 16.5. The van der Waals surface area contributed by atoms with Crippen LogP contribution in [-0.4, -0.2) is 49.2 Å². The molecule has 0 heterocycles. The van der Waals surface area contributed by atoms with Gasteiger partial charge in [0.1, 0.15) is 0 Å². The lowest BCUT2D eigenvalue weighted by atomic mass is 10.0. The molecule has 0 amide bonds. The van der Waals surface area contributed by atoms with Crippen LogP contribution in [0.2, 0.25) is 0 Å². The number of aliphatic hydroxyl groups is 2. The first-order valence-electron chi connectivity index (χ1n) is 7.24. The minimum absolute atomic E-state index is 0.0278. The van der Waals surface area contributed by atoms with Crippen LogP contribution in [0.3, 0.4) is 0 Å². The molecule has 1 unspecified atom stereocenters. The fourth-order valence-corrected chi connectivity index (χ4v) is 1.39. The molecule has 0 fully saturated rings. The number of carbonyl (C=O) groups is 1. The van der Waals surface area contributed by atoms with Crippen LogP contribution in [0, 0.1) is 5.92 Å². The number of ether oxygens (including phenoxy) is 2. The van der Waals surface area contributed by atoms with Gasteiger partial charge in [-0.2, -0.15) is 0 Å². The van der Waals surface area contributed by atoms with E-state index >= 15 is 0 Å². The fourth-order valence-electron chi connectivity index (χ4n) is 1.39. The number of esters is 1. The molecule has 120 valence electrons. The summed E-state index contributed by atoms with van der Waals surface area (Å²) in [5, 5.41) is 16.2. The quantitative estimate of drug-likeness (QED) is 0.345. The fraction of sp³-hybridized carbons (Fsp3) is 0.800. The third-order valence-corrected chi connectivity index (χ3v) is 2.64. The maximum absolute atomic E-state index is 10.8. The maximum Gasteiger partial charge on any atom is 0.330 e. The van der Waals surface area contributed by atoms with E-state index in [1.807, 2.05) is 0 Å². The number of aliphatic hydroxyl groups excluding tert-OH is 2. The molecule has 0 aliphatic heterocycles. The Morgan fingerprint density at radius 2 is 1.85 bits per heavy atom. The zero-order valence-corrected chi connectivity index (χ0v) is 12.8. The van der Waals surface area contributed by atoms with Crippen molar-refractivity contribution in [1.29, 1.82) is 0 Å². The Morgan fingerprint density at radius 3 is 2.25 bits per heavy atom. The first kappa shape index (κ1) is 21.4. The molecule has 5 heteroatoms. The average Bonchev–Trinajstić information content (AvgIpc) is 2.48. The monoisotopic (exact) mass is 290 g/mol. The van der Waals surface area contributed by atoms with E-state index in [4.69, 9.17) is 14.9 Å². The van der Waals surface area contributed by atoms with E-state index in [1.54, 1.807) is 0 Å². The van der Waals surface area contributed by atoms with Crippen molar-refractivity contribution in [2.24, 2.45) is 5.92 Å². The second kappa shape index (κ2) is 18.1. The molecule has 2 N–H and O–H groups in total. The number of rotatable bonds is 11. The van der Waals surface area contributed by atoms with Crippen molar-refractivity contribution < 1.29 is 24.5 Å². The van der Waals surface area contributed by atoms with Gasteiger partial charge in [0.05, 0.1) is 33.0 Å². The Labute approximate surface area is 122 Å². The molecule has 0 aromatic carbocycles. The van der Waals surface area contributed by atoms with Crippen molar-refractivity contribution in [3.63, 3.8) is 0 Å². The minimum atomic E-state index is -0.310. The molecular formula is C15H30O5. The van der Waals surface area contributed by atoms with Gasteiger partial charge in [0, 0.05) is 6.08 Å². The summed E-state index contributed by atoms with van der Waals surface area (Å²) in [5.74, 6) is 0.207. The molecule has 0 radical (unpaired) electrons. The highest BCUT2D eigenvalue weighted by Crippen LogP contribution is 2.12. The van der Waals surface area contributed by atoms with Crippen LogP contribution in [-0.2, 0) is 14.3 Å². The van der Waals surface area contributed by atoms with E-state index in [-0.39, 0.29) is 19.2 Å². The molecule has 0 aliphatic rings. The molecule has 0 rings (SSSR count). The molecule has 0 spiro atoms. The summed E-state index contributed by atoms with van der Waals surface area (Å²) in [4.78, 5) is 10.8. The molecule has 0 aromatic rings. The van der Waals surface area contributed by atoms with Crippen molar-refractivity contribution in [2.45, 2.75) is 39.5 Å². The van der Waals surface area contributed by atoms with E-state index in [9.17, 15) is 4.79 Å². The van der Waals surface area contributed by atoms with Crippen molar-refractivity contribution in [1.82, 2.24) is 0 Å². The highest BCUT2D eigenvalue weighted by molar-refractivity contribution is 5.81. The summed E-state index contributed by atoms with van der Waals surface area (Å²) in [6.45, 7) is 8.89. The van der Waals surface area contributed by atoms with Crippen molar-refractivity contribution in [2.75, 3.05) is 33.0 Å². The SMILES string of the molecule is C=CC(=O)OCC(CC)CCCC.OCCOCCO. The molecule has 0 bridgehead atoms. The van der Waals surface area contributed by atoms with Crippen molar-refractivity contribution in [3.05, 3.63) is 12.7 Å². The van der Waals surface area contributed by atoms with E-state index in [2.05, 4.69) is 25.2 Å². The molecule has 20 heavy (non-hydrogen) atoms. The average molecular weight is 290 g/mol. The number of carbonyl (C=O) groups excluding carboxylic acids is 1. The predicted molar refractivity (Wildman–Crippen MR) is 79.5 cm³/mol. The van der Waals surface area contributed by atoms with Crippen LogP contribution < -0.4 is 0 Å². The minimum Gasteiger partial charge on any atom is -0.462 e. The molecule has 0 saturated heterocycles. The lowest BCUT2D eigenvalue weighted by Gasteiger charge is -2.13. The van der Waals surface area contributed by atoms with Crippen LogP contribution in [0.4, 0.5) is 0 Å². The molecule has 1 atom stereocenters. The Hall–Kier alpha value is -0.910. The lowest BCUT2D eigenvalue weighted by Crippen LogP contribution is -2.12. The second-order valence-electron chi connectivity index (χ2n) is 4.31. The zero-order chi connectivity index (χ0) is 15.6. The summed E-state index contributed by atoms with van der Waals surface area (Å²) >= 11 is 0. The van der Waals surface area contributed by atoms with Crippen LogP contribution in [0.15, 0.2) is 12.7 Å². The number of hydrogen-bond acceptors (Lipinski definition) is 5. The maximum atomic E-state index is 10.8. The number of hydrogen-bond donors (Lipinski definition) is 2. The Balaban J connectivity index is 0. The summed E-state index contributed by atoms with van der Waals surface area (Å²) in [5.41, 5.74) is 0. The van der Waals surface area contributed by atoms with Gasteiger partial charge in [-0.3, -0.25) is 0 Å². The molecule has 0 aliphatic carbocycles. The Kier molecular flexibility index (Phi) is 19.3. The van der Waals surface area contributed by atoms with Crippen LogP contribution in [0.25, 0.3) is 0 Å². The predicted octanol–water partition coefficient (Wildman–Crippen LogP) is 1.92. The largest absolute Gasteiger partial charge is 0.462 e. The third-order valence-electron chi connectivity index (χ3n) is 2.64. The van der Waals surface area contributed by atoms with E-state index in [1.165, 1.54) is 18.9 Å². The standard InChI is InChI=1S/C11H20O2.C4H10O3/c1-4-7-8-10(5-2)9-13-11(12)6-3;5-1-3-7-4-2-6/h6,10H,3-5,7-9H2,1-2H3;5-6H,1-4H2. The zero-order valence-electron chi connectivity index (χ0n) is 12.8. The van der Waals surface area contributed by atoms with Crippen molar-refractivity contribution in [3.8, 4) is 0 Å². The number of unbranched alkanes of at least 4 members (excludes halogenated alkanes) is 1.